The van der Waals surface area contributed by atoms with E-state index >= 15 is 0 Å². The second-order valence-corrected chi connectivity index (χ2v) is 4.06. The fourth-order valence-corrected chi connectivity index (χ4v) is 2.42. The van der Waals surface area contributed by atoms with E-state index in [4.69, 9.17) is 4.74 Å². The normalized spacial score (nSPS) is 35.6. The van der Waals surface area contributed by atoms with E-state index in [2.05, 4.69) is 6.08 Å². The molecule has 0 aromatic carbocycles. The van der Waals surface area contributed by atoms with Gasteiger partial charge in [0.05, 0.1) is 19.3 Å². The molecule has 2 unspecified atom stereocenters. The van der Waals surface area contributed by atoms with Gasteiger partial charge in [-0.05, 0) is 19.3 Å². The molecule has 2 nitrogen and oxygen atoms in total. The van der Waals surface area contributed by atoms with Gasteiger partial charge < -0.3 is 9.84 Å². The molecule has 1 aliphatic carbocycles. The quantitative estimate of drug-likeness (QED) is 0.627. The lowest BCUT2D eigenvalue weighted by atomic mass is 9.80. The molecule has 0 bridgehead atoms. The van der Waals surface area contributed by atoms with Crippen LogP contribution in [0.1, 0.15) is 32.1 Å². The van der Waals surface area contributed by atoms with Gasteiger partial charge in [-0.25, -0.2) is 0 Å². The molecule has 2 atom stereocenters. The van der Waals surface area contributed by atoms with E-state index in [9.17, 15) is 5.11 Å². The number of rotatable bonds is 1. The van der Waals surface area contributed by atoms with Crippen molar-refractivity contribution in [2.45, 2.75) is 38.2 Å². The highest BCUT2D eigenvalue weighted by molar-refractivity contribution is 5.11. The van der Waals surface area contributed by atoms with Gasteiger partial charge in [0, 0.05) is 5.92 Å². The molecule has 74 valence electrons. The zero-order valence-corrected chi connectivity index (χ0v) is 8.04. The summed E-state index contributed by atoms with van der Waals surface area (Å²) in [5.74, 6) is 0.442. The Morgan fingerprint density at radius 2 is 2.15 bits per heavy atom. The van der Waals surface area contributed by atoms with Gasteiger partial charge in [-0.15, -0.1) is 0 Å². The minimum atomic E-state index is -0.0851. The third kappa shape index (κ3) is 2.12. The first-order valence-corrected chi connectivity index (χ1v) is 5.32. The van der Waals surface area contributed by atoms with Crippen molar-refractivity contribution >= 4 is 0 Å². The molecule has 0 saturated heterocycles. The van der Waals surface area contributed by atoms with Crippen LogP contribution >= 0.6 is 0 Å². The molecule has 0 aromatic rings. The summed E-state index contributed by atoms with van der Waals surface area (Å²) in [6, 6.07) is 0. The van der Waals surface area contributed by atoms with Crippen LogP contribution in [0.25, 0.3) is 0 Å². The molecule has 0 radical (unpaired) electrons. The molecule has 1 aliphatic heterocycles. The van der Waals surface area contributed by atoms with Crippen LogP contribution in [-0.4, -0.2) is 24.4 Å². The maximum atomic E-state index is 9.84. The number of aliphatic hydroxyl groups is 1. The first kappa shape index (κ1) is 9.22. The molecule has 0 spiro atoms. The monoisotopic (exact) mass is 182 g/mol. The zero-order valence-electron chi connectivity index (χ0n) is 8.04. The Kier molecular flexibility index (Phi) is 3.01. The molecule has 2 heteroatoms. The fraction of sp³-hybridized carbons (Fsp3) is 0.818. The van der Waals surface area contributed by atoms with E-state index in [1.54, 1.807) is 0 Å². The van der Waals surface area contributed by atoms with E-state index in [0.29, 0.717) is 5.92 Å². The Morgan fingerprint density at radius 1 is 1.31 bits per heavy atom. The summed E-state index contributed by atoms with van der Waals surface area (Å²) in [4.78, 5) is 0. The van der Waals surface area contributed by atoms with Gasteiger partial charge in [-0.3, -0.25) is 0 Å². The standard InChI is InChI=1S/C11H18O2/c12-11-4-2-1-3-10(11)9-5-7-13-8-6-9/h5,10-12H,1-4,6-8H2. The molecule has 13 heavy (non-hydrogen) atoms. The first-order chi connectivity index (χ1) is 6.38. The van der Waals surface area contributed by atoms with Crippen LogP contribution in [0, 0.1) is 5.92 Å². The maximum absolute atomic E-state index is 9.84. The largest absolute Gasteiger partial charge is 0.393 e. The second kappa shape index (κ2) is 4.25. The van der Waals surface area contributed by atoms with Crippen LogP contribution in [0.2, 0.25) is 0 Å². The Labute approximate surface area is 79.6 Å². The minimum Gasteiger partial charge on any atom is -0.393 e. The van der Waals surface area contributed by atoms with Gasteiger partial charge in [-0.1, -0.05) is 24.5 Å². The summed E-state index contributed by atoms with van der Waals surface area (Å²) in [6.07, 6.45) is 7.75. The minimum absolute atomic E-state index is 0.0851. The molecule has 1 heterocycles. The van der Waals surface area contributed by atoms with Crippen molar-refractivity contribution in [3.8, 4) is 0 Å². The molecule has 1 fully saturated rings. The molecule has 0 amide bonds. The first-order valence-electron chi connectivity index (χ1n) is 5.32. The van der Waals surface area contributed by atoms with Crippen LogP contribution in [-0.2, 0) is 4.74 Å². The summed E-state index contributed by atoms with van der Waals surface area (Å²) >= 11 is 0. The average molecular weight is 182 g/mol. The van der Waals surface area contributed by atoms with Crippen molar-refractivity contribution in [2.75, 3.05) is 13.2 Å². The Balaban J connectivity index is 2.00. The number of ether oxygens (including phenoxy) is 1. The van der Waals surface area contributed by atoms with Crippen LogP contribution in [0.15, 0.2) is 11.6 Å². The van der Waals surface area contributed by atoms with Crippen LogP contribution in [0.5, 0.6) is 0 Å². The Bertz CT molecular complexity index is 198. The molecular formula is C11H18O2. The maximum Gasteiger partial charge on any atom is 0.0650 e. The summed E-state index contributed by atoms with van der Waals surface area (Å²) in [5.41, 5.74) is 1.44. The highest BCUT2D eigenvalue weighted by Crippen LogP contribution is 2.32. The molecule has 1 saturated carbocycles. The topological polar surface area (TPSA) is 29.5 Å². The van der Waals surface area contributed by atoms with Crippen LogP contribution in [0.4, 0.5) is 0 Å². The van der Waals surface area contributed by atoms with E-state index in [1.165, 1.54) is 24.8 Å². The lowest BCUT2D eigenvalue weighted by molar-refractivity contribution is 0.0766. The van der Waals surface area contributed by atoms with Gasteiger partial charge in [0.15, 0.2) is 0 Å². The molecule has 2 rings (SSSR count). The van der Waals surface area contributed by atoms with Gasteiger partial charge in [-0.2, -0.15) is 0 Å². The fourth-order valence-electron chi connectivity index (χ4n) is 2.42. The second-order valence-electron chi connectivity index (χ2n) is 4.06. The predicted molar refractivity (Wildman–Crippen MR) is 51.5 cm³/mol. The zero-order chi connectivity index (χ0) is 9.10. The van der Waals surface area contributed by atoms with Crippen molar-refractivity contribution in [1.29, 1.82) is 0 Å². The SMILES string of the molecule is OC1CCCCC1C1=CCOCC1. The van der Waals surface area contributed by atoms with Crippen LogP contribution in [0.3, 0.4) is 0 Å². The predicted octanol–water partition coefficient (Wildman–Crippen LogP) is 1.88. The Morgan fingerprint density at radius 3 is 2.85 bits per heavy atom. The Hall–Kier alpha value is -0.340. The van der Waals surface area contributed by atoms with Gasteiger partial charge in [0.25, 0.3) is 0 Å². The molecular weight excluding hydrogens is 164 g/mol. The molecule has 0 aromatic heterocycles. The summed E-state index contributed by atoms with van der Waals surface area (Å²) < 4.78 is 5.27. The molecule has 1 N–H and O–H groups in total. The van der Waals surface area contributed by atoms with Gasteiger partial charge in [0.1, 0.15) is 0 Å². The van der Waals surface area contributed by atoms with E-state index in [1.807, 2.05) is 0 Å². The molecule has 2 aliphatic rings. The lowest BCUT2D eigenvalue weighted by Crippen LogP contribution is -2.27. The third-order valence-electron chi connectivity index (χ3n) is 3.20. The van der Waals surface area contributed by atoms with Gasteiger partial charge in [0.2, 0.25) is 0 Å². The van der Waals surface area contributed by atoms with Crippen molar-refractivity contribution in [3.05, 3.63) is 11.6 Å². The summed E-state index contributed by atoms with van der Waals surface area (Å²) in [7, 11) is 0. The average Bonchev–Trinajstić information content (AvgIpc) is 2.20. The highest BCUT2D eigenvalue weighted by atomic mass is 16.5. The van der Waals surface area contributed by atoms with Crippen molar-refractivity contribution in [1.82, 2.24) is 0 Å². The van der Waals surface area contributed by atoms with E-state index in [0.717, 1.165) is 26.1 Å². The summed E-state index contributed by atoms with van der Waals surface area (Å²) in [6.45, 7) is 1.59. The van der Waals surface area contributed by atoms with Crippen LogP contribution < -0.4 is 0 Å². The van der Waals surface area contributed by atoms with Gasteiger partial charge >= 0.3 is 0 Å². The highest BCUT2D eigenvalue weighted by Gasteiger charge is 2.26. The lowest BCUT2D eigenvalue weighted by Gasteiger charge is -2.31. The smallest absolute Gasteiger partial charge is 0.0650 e. The number of hydrogen-bond donors (Lipinski definition) is 1. The van der Waals surface area contributed by atoms with Crippen molar-refractivity contribution in [2.24, 2.45) is 5.92 Å². The summed E-state index contributed by atoms with van der Waals surface area (Å²) in [5, 5.41) is 9.84. The third-order valence-corrected chi connectivity index (χ3v) is 3.20. The number of aliphatic hydroxyl groups excluding tert-OH is 1. The van der Waals surface area contributed by atoms with E-state index in [-0.39, 0.29) is 6.10 Å². The number of hydrogen-bond acceptors (Lipinski definition) is 2. The van der Waals surface area contributed by atoms with E-state index < -0.39 is 0 Å². The van der Waals surface area contributed by atoms with Crippen molar-refractivity contribution < 1.29 is 9.84 Å². The van der Waals surface area contributed by atoms with Crippen molar-refractivity contribution in [3.63, 3.8) is 0 Å².